The molecule has 0 bridgehead atoms. The maximum atomic E-state index is 11.3. The molecule has 0 heterocycles. The lowest BCUT2D eigenvalue weighted by atomic mass is 9.82. The first-order valence-electron chi connectivity index (χ1n) is 12.9. The maximum Gasteiger partial charge on any atom is 0.122 e. The van der Waals surface area contributed by atoms with E-state index in [0.717, 1.165) is 35.2 Å². The Morgan fingerprint density at radius 1 is 0.914 bits per heavy atom. The second kappa shape index (κ2) is 11.5. The van der Waals surface area contributed by atoms with Gasteiger partial charge in [0.25, 0.3) is 0 Å². The minimum Gasteiger partial charge on any atom is -0.507 e. The van der Waals surface area contributed by atoms with Gasteiger partial charge in [0, 0.05) is 22.5 Å². The van der Waals surface area contributed by atoms with Crippen molar-refractivity contribution in [3.05, 3.63) is 88.5 Å². The van der Waals surface area contributed by atoms with Crippen molar-refractivity contribution in [2.24, 2.45) is 4.99 Å². The molecule has 1 N–H and O–H groups in total. The summed E-state index contributed by atoms with van der Waals surface area (Å²) in [5.74, 6) is 0.455. The normalized spacial score (nSPS) is 14.1. The number of aliphatic imine (C=N–C) groups is 1. The summed E-state index contributed by atoms with van der Waals surface area (Å²) in [7, 11) is 0.521. The minimum absolute atomic E-state index is 0.0258. The molecule has 0 saturated carbocycles. The predicted octanol–water partition coefficient (Wildman–Crippen LogP) is 8.86. The lowest BCUT2D eigenvalue weighted by Crippen LogP contribution is -2.23. The van der Waals surface area contributed by atoms with Gasteiger partial charge in [0.1, 0.15) is 5.75 Å². The zero-order chi connectivity index (χ0) is 25.6. The maximum absolute atomic E-state index is 11.3. The van der Waals surface area contributed by atoms with Gasteiger partial charge in [0.15, 0.2) is 0 Å². The van der Waals surface area contributed by atoms with E-state index in [1.165, 1.54) is 29.3 Å². The van der Waals surface area contributed by atoms with Gasteiger partial charge in [-0.2, -0.15) is 0 Å². The average Bonchev–Trinajstić information content (AvgIpc) is 2.81. The Labute approximate surface area is 214 Å². The number of aryl methyl sites for hydroxylation is 2. The molecule has 0 amide bonds. The first-order chi connectivity index (χ1) is 16.5. The molecule has 3 heteroatoms. The summed E-state index contributed by atoms with van der Waals surface area (Å²) in [4.78, 5) is 4.76. The second-order valence-electron chi connectivity index (χ2n) is 11.0. The number of phenolic OH excluding ortho intramolecular Hbond substituents is 1. The molecule has 0 aliphatic carbocycles. The Morgan fingerprint density at radius 3 is 2.29 bits per heavy atom. The van der Waals surface area contributed by atoms with Gasteiger partial charge in [0.05, 0.1) is 5.69 Å². The number of aromatic hydroxyl groups is 1. The molecule has 35 heavy (non-hydrogen) atoms. The summed E-state index contributed by atoms with van der Waals surface area (Å²) in [5, 5.41) is 12.4. The molecule has 3 aromatic carbocycles. The van der Waals surface area contributed by atoms with Gasteiger partial charge in [0.2, 0.25) is 0 Å². The largest absolute Gasteiger partial charge is 0.507 e. The lowest BCUT2D eigenvalue weighted by Gasteiger charge is -2.34. The van der Waals surface area contributed by atoms with Gasteiger partial charge in [-0.15, -0.1) is 0 Å². The smallest absolute Gasteiger partial charge is 0.122 e. The van der Waals surface area contributed by atoms with Crippen LogP contribution in [0.4, 0.5) is 5.69 Å². The average molecular weight is 488 g/mol. The van der Waals surface area contributed by atoms with Crippen LogP contribution in [0.5, 0.6) is 5.75 Å². The molecule has 3 rings (SSSR count). The van der Waals surface area contributed by atoms with Crippen LogP contribution in [0.25, 0.3) is 0 Å². The fraction of sp³-hybridized carbons (Fsp3) is 0.406. The number of unbranched alkanes of at least 4 members (excludes halogenated alkanes) is 2. The standard InChI is InChI=1S/C32H42NOP/c1-8-9-13-18-32(7,28-21-26(31(4,5)6)20-24(3)30(28)34)35-29-17-16-23(2)19-25(29)22-33-27-14-11-10-12-15-27/h10-12,14-17,19-22,34-35H,8-9,13,18H2,1-7H3. The molecule has 0 fully saturated rings. The van der Waals surface area contributed by atoms with E-state index in [1.807, 2.05) is 43.5 Å². The molecular weight excluding hydrogens is 445 g/mol. The van der Waals surface area contributed by atoms with Crippen molar-refractivity contribution in [3.8, 4) is 5.75 Å². The van der Waals surface area contributed by atoms with Crippen LogP contribution < -0.4 is 5.30 Å². The van der Waals surface area contributed by atoms with Gasteiger partial charge in [-0.3, -0.25) is 4.99 Å². The molecular formula is C32H42NOP. The number of rotatable bonds is 9. The summed E-state index contributed by atoms with van der Waals surface area (Å²) < 4.78 is 0. The van der Waals surface area contributed by atoms with Gasteiger partial charge in [-0.05, 0) is 60.3 Å². The van der Waals surface area contributed by atoms with Gasteiger partial charge in [-0.25, -0.2) is 0 Å². The Hall–Kier alpha value is -2.44. The highest BCUT2D eigenvalue weighted by Gasteiger charge is 2.32. The van der Waals surface area contributed by atoms with Crippen molar-refractivity contribution in [3.63, 3.8) is 0 Å². The van der Waals surface area contributed by atoms with Gasteiger partial charge in [-0.1, -0.05) is 110 Å². The zero-order valence-electron chi connectivity index (χ0n) is 22.6. The van der Waals surface area contributed by atoms with Crippen LogP contribution in [0.2, 0.25) is 0 Å². The van der Waals surface area contributed by atoms with Crippen molar-refractivity contribution in [2.75, 3.05) is 0 Å². The molecule has 3 aromatic rings. The van der Waals surface area contributed by atoms with E-state index in [1.54, 1.807) is 0 Å². The van der Waals surface area contributed by atoms with Gasteiger partial charge >= 0.3 is 0 Å². The Kier molecular flexibility index (Phi) is 8.94. The Bertz CT molecular complexity index is 1160. The molecule has 186 valence electrons. The Balaban J connectivity index is 2.09. The number of hydrogen-bond donors (Lipinski definition) is 1. The summed E-state index contributed by atoms with van der Waals surface area (Å²) in [5.41, 5.74) is 6.71. The van der Waals surface area contributed by atoms with Crippen molar-refractivity contribution in [1.29, 1.82) is 0 Å². The number of hydrogen-bond acceptors (Lipinski definition) is 2. The third-order valence-corrected chi connectivity index (χ3v) is 8.56. The molecule has 2 unspecified atom stereocenters. The number of benzene rings is 3. The molecule has 0 radical (unpaired) electrons. The van der Waals surface area contributed by atoms with E-state index >= 15 is 0 Å². The lowest BCUT2D eigenvalue weighted by molar-refractivity contribution is 0.444. The first kappa shape index (κ1) is 27.2. The molecule has 2 atom stereocenters. The van der Waals surface area contributed by atoms with Crippen molar-refractivity contribution in [1.82, 2.24) is 0 Å². The highest BCUT2D eigenvalue weighted by molar-refractivity contribution is 7.48. The SMILES string of the molecule is CCCCCC(C)(Pc1ccc(C)cc1C=Nc1ccccc1)c1cc(C(C)(C)C)cc(C)c1O. The van der Waals surface area contributed by atoms with E-state index in [2.05, 4.69) is 71.9 Å². The van der Waals surface area contributed by atoms with Crippen LogP contribution in [0.3, 0.4) is 0 Å². The third kappa shape index (κ3) is 7.05. The van der Waals surface area contributed by atoms with Crippen LogP contribution >= 0.6 is 8.58 Å². The summed E-state index contributed by atoms with van der Waals surface area (Å²) in [6.45, 7) is 15.5. The van der Waals surface area contributed by atoms with Crippen molar-refractivity contribution >= 4 is 25.8 Å². The van der Waals surface area contributed by atoms with E-state index in [9.17, 15) is 5.11 Å². The molecule has 0 aromatic heterocycles. The summed E-state index contributed by atoms with van der Waals surface area (Å²) in [6.07, 6.45) is 6.59. The van der Waals surface area contributed by atoms with Crippen LogP contribution in [0.1, 0.15) is 88.1 Å². The van der Waals surface area contributed by atoms with Crippen molar-refractivity contribution in [2.45, 2.75) is 84.7 Å². The number of para-hydroxylation sites is 1. The highest BCUT2D eigenvalue weighted by atomic mass is 31.1. The summed E-state index contributed by atoms with van der Waals surface area (Å²) in [6, 6.07) is 21.2. The zero-order valence-corrected chi connectivity index (χ0v) is 23.6. The van der Waals surface area contributed by atoms with E-state index in [4.69, 9.17) is 4.99 Å². The minimum atomic E-state index is -0.157. The molecule has 2 nitrogen and oxygen atoms in total. The van der Waals surface area contributed by atoms with Crippen LogP contribution in [-0.4, -0.2) is 11.3 Å². The summed E-state index contributed by atoms with van der Waals surface area (Å²) >= 11 is 0. The topological polar surface area (TPSA) is 32.6 Å². The van der Waals surface area contributed by atoms with Gasteiger partial charge < -0.3 is 5.11 Å². The third-order valence-electron chi connectivity index (χ3n) is 6.77. The Morgan fingerprint density at radius 2 is 1.63 bits per heavy atom. The van der Waals surface area contributed by atoms with E-state index in [-0.39, 0.29) is 10.6 Å². The molecule has 0 aliphatic rings. The van der Waals surface area contributed by atoms with Crippen LogP contribution in [0, 0.1) is 13.8 Å². The van der Waals surface area contributed by atoms with Crippen LogP contribution in [-0.2, 0) is 10.6 Å². The fourth-order valence-corrected chi connectivity index (χ4v) is 6.15. The predicted molar refractivity (Wildman–Crippen MR) is 156 cm³/mol. The first-order valence-corrected chi connectivity index (χ1v) is 13.9. The van der Waals surface area contributed by atoms with Crippen molar-refractivity contribution < 1.29 is 5.11 Å². The van der Waals surface area contributed by atoms with E-state index in [0.29, 0.717) is 14.3 Å². The number of phenols is 1. The molecule has 0 saturated heterocycles. The quantitative estimate of drug-likeness (QED) is 0.182. The molecule has 0 spiro atoms. The fourth-order valence-electron chi connectivity index (χ4n) is 4.48. The van der Waals surface area contributed by atoms with Crippen LogP contribution in [0.15, 0.2) is 65.7 Å². The van der Waals surface area contributed by atoms with E-state index < -0.39 is 0 Å². The second-order valence-corrected chi connectivity index (χ2v) is 12.9. The highest BCUT2D eigenvalue weighted by Crippen LogP contribution is 2.50. The number of nitrogens with zero attached hydrogens (tertiary/aromatic N) is 1. The monoisotopic (exact) mass is 487 g/mol. The molecule has 0 aliphatic heterocycles.